The van der Waals surface area contributed by atoms with Gasteiger partial charge in [0.2, 0.25) is 0 Å². The highest BCUT2D eigenvalue weighted by molar-refractivity contribution is 6.31. The molecule has 0 saturated carbocycles. The summed E-state index contributed by atoms with van der Waals surface area (Å²) in [5.74, 6) is 0.675. The Kier molecular flexibility index (Phi) is 3.82. The van der Waals surface area contributed by atoms with E-state index in [0.717, 1.165) is 16.3 Å². The van der Waals surface area contributed by atoms with Gasteiger partial charge in [0.1, 0.15) is 11.9 Å². The number of hydrogen-bond acceptors (Lipinski definition) is 2. The molecule has 0 spiro atoms. The van der Waals surface area contributed by atoms with E-state index in [-0.39, 0.29) is 0 Å². The molecule has 0 heterocycles. The first kappa shape index (κ1) is 13.9. The molecule has 0 fully saturated rings. The third-order valence-electron chi connectivity index (χ3n) is 3.59. The average molecular weight is 299 g/mol. The van der Waals surface area contributed by atoms with E-state index in [0.29, 0.717) is 16.3 Å². The molecule has 3 heteroatoms. The van der Waals surface area contributed by atoms with Gasteiger partial charge < -0.3 is 9.84 Å². The maximum atomic E-state index is 10.6. The number of ether oxygens (including phenoxy) is 1. The van der Waals surface area contributed by atoms with Crippen molar-refractivity contribution in [2.75, 3.05) is 7.11 Å². The predicted molar refractivity (Wildman–Crippen MR) is 86.0 cm³/mol. The standard InChI is InChI=1S/C18H15ClO2/c1-21-15-8-9-16(17(19)11-15)18(20)14-7-6-12-4-2-3-5-13(12)10-14/h2-11,18,20H,1H3. The van der Waals surface area contributed by atoms with Crippen LogP contribution in [0.1, 0.15) is 17.2 Å². The van der Waals surface area contributed by atoms with E-state index in [1.54, 1.807) is 25.3 Å². The zero-order chi connectivity index (χ0) is 14.8. The van der Waals surface area contributed by atoms with Gasteiger partial charge in [-0.25, -0.2) is 0 Å². The van der Waals surface area contributed by atoms with Crippen LogP contribution in [0.3, 0.4) is 0 Å². The van der Waals surface area contributed by atoms with Gasteiger partial charge in [0.05, 0.1) is 12.1 Å². The Labute approximate surface area is 128 Å². The zero-order valence-electron chi connectivity index (χ0n) is 11.6. The molecule has 0 aromatic heterocycles. The van der Waals surface area contributed by atoms with E-state index >= 15 is 0 Å². The Morgan fingerprint density at radius 1 is 0.952 bits per heavy atom. The second-order valence-electron chi connectivity index (χ2n) is 4.90. The van der Waals surface area contributed by atoms with Crippen LogP contribution in [0.25, 0.3) is 10.8 Å². The molecule has 3 rings (SSSR count). The van der Waals surface area contributed by atoms with E-state index in [9.17, 15) is 5.11 Å². The van der Waals surface area contributed by atoms with Crippen molar-refractivity contribution in [3.05, 3.63) is 76.8 Å². The maximum Gasteiger partial charge on any atom is 0.120 e. The summed E-state index contributed by atoms with van der Waals surface area (Å²) in [4.78, 5) is 0. The topological polar surface area (TPSA) is 29.5 Å². The smallest absolute Gasteiger partial charge is 0.120 e. The lowest BCUT2D eigenvalue weighted by Gasteiger charge is -2.14. The predicted octanol–water partition coefficient (Wildman–Crippen LogP) is 4.58. The first-order chi connectivity index (χ1) is 10.2. The third-order valence-corrected chi connectivity index (χ3v) is 3.92. The minimum Gasteiger partial charge on any atom is -0.497 e. The molecule has 1 N–H and O–H groups in total. The van der Waals surface area contributed by atoms with Gasteiger partial charge in [-0.3, -0.25) is 0 Å². The minimum atomic E-state index is -0.756. The largest absolute Gasteiger partial charge is 0.497 e. The molecule has 0 radical (unpaired) electrons. The first-order valence-corrected chi connectivity index (χ1v) is 7.07. The summed E-state index contributed by atoms with van der Waals surface area (Å²) >= 11 is 6.23. The summed E-state index contributed by atoms with van der Waals surface area (Å²) in [5.41, 5.74) is 1.49. The van der Waals surface area contributed by atoms with Gasteiger partial charge in [0.15, 0.2) is 0 Å². The summed E-state index contributed by atoms with van der Waals surface area (Å²) in [6, 6.07) is 19.3. The van der Waals surface area contributed by atoms with Crippen LogP contribution >= 0.6 is 11.6 Å². The van der Waals surface area contributed by atoms with E-state index in [4.69, 9.17) is 16.3 Å². The lowest BCUT2D eigenvalue weighted by molar-refractivity contribution is 0.220. The van der Waals surface area contributed by atoms with Crippen LogP contribution < -0.4 is 4.74 Å². The Bertz CT molecular complexity index is 783. The second kappa shape index (κ2) is 5.76. The fourth-order valence-corrected chi connectivity index (χ4v) is 2.69. The van der Waals surface area contributed by atoms with Crippen molar-refractivity contribution < 1.29 is 9.84 Å². The summed E-state index contributed by atoms with van der Waals surface area (Å²) < 4.78 is 5.13. The first-order valence-electron chi connectivity index (χ1n) is 6.69. The van der Waals surface area contributed by atoms with Crippen LogP contribution in [0, 0.1) is 0 Å². The van der Waals surface area contributed by atoms with Crippen molar-refractivity contribution in [1.82, 2.24) is 0 Å². The fourth-order valence-electron chi connectivity index (χ4n) is 2.41. The number of aliphatic hydroxyl groups is 1. The summed E-state index contributed by atoms with van der Waals surface area (Å²) in [6.07, 6.45) is -0.756. The van der Waals surface area contributed by atoms with Crippen LogP contribution in [-0.4, -0.2) is 12.2 Å². The molecule has 3 aromatic carbocycles. The number of aliphatic hydroxyl groups excluding tert-OH is 1. The number of halogens is 1. The van der Waals surface area contributed by atoms with E-state index in [2.05, 4.69) is 0 Å². The third kappa shape index (κ3) is 2.73. The molecular weight excluding hydrogens is 284 g/mol. The molecule has 106 valence electrons. The molecule has 21 heavy (non-hydrogen) atoms. The Balaban J connectivity index is 2.01. The van der Waals surface area contributed by atoms with Gasteiger partial charge >= 0.3 is 0 Å². The molecule has 0 aliphatic carbocycles. The van der Waals surface area contributed by atoms with Crippen molar-refractivity contribution in [3.63, 3.8) is 0 Å². The van der Waals surface area contributed by atoms with Gasteiger partial charge in [-0.15, -0.1) is 0 Å². The summed E-state index contributed by atoms with van der Waals surface area (Å²) in [6.45, 7) is 0. The van der Waals surface area contributed by atoms with Gasteiger partial charge in [-0.2, -0.15) is 0 Å². The van der Waals surface area contributed by atoms with Gasteiger partial charge in [0.25, 0.3) is 0 Å². The quantitative estimate of drug-likeness (QED) is 0.766. The van der Waals surface area contributed by atoms with Crippen molar-refractivity contribution in [1.29, 1.82) is 0 Å². The van der Waals surface area contributed by atoms with Crippen LogP contribution in [0.2, 0.25) is 5.02 Å². The van der Waals surface area contributed by atoms with E-state index in [1.807, 2.05) is 42.5 Å². The molecule has 2 nitrogen and oxygen atoms in total. The fraction of sp³-hybridized carbons (Fsp3) is 0.111. The Hall–Kier alpha value is -2.03. The maximum absolute atomic E-state index is 10.6. The summed E-state index contributed by atoms with van der Waals surface area (Å²) in [5, 5.41) is 13.3. The van der Waals surface area contributed by atoms with Crippen molar-refractivity contribution in [3.8, 4) is 5.75 Å². The zero-order valence-corrected chi connectivity index (χ0v) is 12.3. The highest BCUT2D eigenvalue weighted by Crippen LogP contribution is 2.32. The lowest BCUT2D eigenvalue weighted by atomic mass is 9.98. The second-order valence-corrected chi connectivity index (χ2v) is 5.30. The molecule has 3 aromatic rings. The van der Waals surface area contributed by atoms with Crippen LogP contribution in [0.15, 0.2) is 60.7 Å². The van der Waals surface area contributed by atoms with Gasteiger partial charge in [0, 0.05) is 5.56 Å². The van der Waals surface area contributed by atoms with Crippen LogP contribution in [0.5, 0.6) is 5.75 Å². The van der Waals surface area contributed by atoms with Crippen molar-refractivity contribution in [2.24, 2.45) is 0 Å². The normalized spacial score (nSPS) is 12.3. The number of fused-ring (bicyclic) bond motifs is 1. The Morgan fingerprint density at radius 3 is 2.43 bits per heavy atom. The van der Waals surface area contributed by atoms with Crippen LogP contribution in [-0.2, 0) is 0 Å². The number of methoxy groups -OCH3 is 1. The Morgan fingerprint density at radius 2 is 1.71 bits per heavy atom. The van der Waals surface area contributed by atoms with E-state index in [1.165, 1.54) is 0 Å². The highest BCUT2D eigenvalue weighted by atomic mass is 35.5. The number of rotatable bonds is 3. The highest BCUT2D eigenvalue weighted by Gasteiger charge is 2.15. The molecule has 1 atom stereocenters. The molecular formula is C18H15ClO2. The summed E-state index contributed by atoms with van der Waals surface area (Å²) in [7, 11) is 1.59. The molecule has 0 aliphatic rings. The van der Waals surface area contributed by atoms with E-state index < -0.39 is 6.10 Å². The molecule has 0 aliphatic heterocycles. The average Bonchev–Trinajstić information content (AvgIpc) is 2.53. The van der Waals surface area contributed by atoms with Crippen molar-refractivity contribution >= 4 is 22.4 Å². The molecule has 1 unspecified atom stereocenters. The molecule has 0 bridgehead atoms. The SMILES string of the molecule is COc1ccc(C(O)c2ccc3ccccc3c2)c(Cl)c1. The van der Waals surface area contributed by atoms with Gasteiger partial charge in [-0.05, 0) is 34.5 Å². The molecule has 0 amide bonds. The van der Waals surface area contributed by atoms with Crippen molar-refractivity contribution in [2.45, 2.75) is 6.10 Å². The lowest BCUT2D eigenvalue weighted by Crippen LogP contribution is -2.00. The minimum absolute atomic E-state index is 0.495. The monoisotopic (exact) mass is 298 g/mol. The number of hydrogen-bond donors (Lipinski definition) is 1. The molecule has 0 saturated heterocycles. The van der Waals surface area contributed by atoms with Crippen LogP contribution in [0.4, 0.5) is 0 Å². The number of benzene rings is 3. The van der Waals surface area contributed by atoms with Gasteiger partial charge in [-0.1, -0.05) is 54.1 Å².